The van der Waals surface area contributed by atoms with Crippen LogP contribution in [-0.2, 0) is 11.3 Å². The smallest absolute Gasteiger partial charge is 0.264 e. The predicted molar refractivity (Wildman–Crippen MR) is 145 cm³/mol. The van der Waals surface area contributed by atoms with Crippen molar-refractivity contribution in [3.63, 3.8) is 0 Å². The molecule has 1 fully saturated rings. The second kappa shape index (κ2) is 10.5. The fourth-order valence-corrected chi connectivity index (χ4v) is 6.40. The van der Waals surface area contributed by atoms with E-state index in [1.165, 1.54) is 24.2 Å². The first kappa shape index (κ1) is 24.6. The molecular formula is C27H34N6O2S. The van der Waals surface area contributed by atoms with E-state index in [9.17, 15) is 9.59 Å². The van der Waals surface area contributed by atoms with Crippen LogP contribution in [0.2, 0.25) is 0 Å². The maximum absolute atomic E-state index is 14.1. The van der Waals surface area contributed by atoms with Crippen LogP contribution in [0.5, 0.6) is 0 Å². The Labute approximate surface area is 216 Å². The Morgan fingerprint density at radius 1 is 0.944 bits per heavy atom. The fourth-order valence-electron chi connectivity index (χ4n) is 5.28. The molecule has 2 aromatic heterocycles. The summed E-state index contributed by atoms with van der Waals surface area (Å²) in [7, 11) is 2.08. The van der Waals surface area contributed by atoms with Gasteiger partial charge in [0.15, 0.2) is 0 Å². The lowest BCUT2D eigenvalue weighted by atomic mass is 10.1. The molecule has 36 heavy (non-hydrogen) atoms. The van der Waals surface area contributed by atoms with Crippen molar-refractivity contribution >= 4 is 44.9 Å². The van der Waals surface area contributed by atoms with Crippen LogP contribution >= 0.6 is 11.3 Å². The summed E-state index contributed by atoms with van der Waals surface area (Å²) in [6.07, 6.45) is 4.83. The van der Waals surface area contributed by atoms with E-state index in [1.807, 2.05) is 41.0 Å². The zero-order valence-electron chi connectivity index (χ0n) is 21.4. The summed E-state index contributed by atoms with van der Waals surface area (Å²) in [5.41, 5.74) is 2.84. The zero-order valence-corrected chi connectivity index (χ0v) is 22.2. The molecular weight excluding hydrogens is 472 g/mol. The van der Waals surface area contributed by atoms with Gasteiger partial charge < -0.3 is 19.6 Å². The number of fused-ring (bicyclic) bond motifs is 2. The first-order valence-electron chi connectivity index (χ1n) is 12.8. The molecule has 0 atom stereocenters. The van der Waals surface area contributed by atoms with Gasteiger partial charge in [-0.2, -0.15) is 0 Å². The standard InChI is InChI=1S/C27H34N6O2S/c1-19-23-25(31-12-6-7-13-31)28-18-29-26(23)36-24(19)27(35)32-16-15-30(3)11-8-14-33(20(2)34)22-10-5-4-9-21(22)17-32/h4-5,9-10,18H,6-8,11-17H2,1-3H3. The van der Waals surface area contributed by atoms with E-state index in [1.54, 1.807) is 13.3 Å². The fraction of sp³-hybridized carbons (Fsp3) is 0.481. The number of carbonyl (C=O) groups is 2. The van der Waals surface area contributed by atoms with Crippen LogP contribution in [0.1, 0.15) is 47.0 Å². The number of hydrogen-bond donors (Lipinski definition) is 0. The molecule has 9 heteroatoms. The maximum Gasteiger partial charge on any atom is 0.264 e. The molecule has 1 aromatic carbocycles. The van der Waals surface area contributed by atoms with Gasteiger partial charge in [-0.3, -0.25) is 9.59 Å². The molecule has 0 spiro atoms. The minimum absolute atomic E-state index is 0.0136. The minimum atomic E-state index is 0.0136. The highest BCUT2D eigenvalue weighted by Gasteiger charge is 2.27. The largest absolute Gasteiger partial charge is 0.356 e. The van der Waals surface area contributed by atoms with Crippen molar-refractivity contribution in [3.8, 4) is 0 Å². The van der Waals surface area contributed by atoms with Crippen molar-refractivity contribution < 1.29 is 9.59 Å². The molecule has 0 saturated carbocycles. The second-order valence-corrected chi connectivity index (χ2v) is 10.8. The Kier molecular flexibility index (Phi) is 7.20. The number of hydrogen-bond acceptors (Lipinski definition) is 7. The third kappa shape index (κ3) is 4.82. The van der Waals surface area contributed by atoms with E-state index < -0.39 is 0 Å². The molecule has 1 saturated heterocycles. The van der Waals surface area contributed by atoms with Crippen molar-refractivity contribution in [3.05, 3.63) is 46.6 Å². The maximum atomic E-state index is 14.1. The molecule has 0 aliphatic carbocycles. The topological polar surface area (TPSA) is 72.9 Å². The van der Waals surface area contributed by atoms with E-state index in [2.05, 4.69) is 26.8 Å². The van der Waals surface area contributed by atoms with Crippen LogP contribution in [0.25, 0.3) is 10.2 Å². The van der Waals surface area contributed by atoms with Gasteiger partial charge >= 0.3 is 0 Å². The van der Waals surface area contributed by atoms with Gasteiger partial charge in [-0.25, -0.2) is 9.97 Å². The highest BCUT2D eigenvalue weighted by atomic mass is 32.1. The van der Waals surface area contributed by atoms with Gasteiger partial charge in [0.05, 0.1) is 10.3 Å². The van der Waals surface area contributed by atoms with E-state index >= 15 is 0 Å². The molecule has 2 aliphatic heterocycles. The van der Waals surface area contributed by atoms with Crippen LogP contribution < -0.4 is 9.80 Å². The number of nitrogens with zero attached hydrogens (tertiary/aromatic N) is 6. The van der Waals surface area contributed by atoms with Crippen LogP contribution in [-0.4, -0.2) is 77.9 Å². The van der Waals surface area contributed by atoms with Crippen LogP contribution in [0.4, 0.5) is 11.5 Å². The third-order valence-electron chi connectivity index (χ3n) is 7.29. The molecule has 5 rings (SSSR count). The summed E-state index contributed by atoms with van der Waals surface area (Å²) in [4.78, 5) is 45.7. The Hall–Kier alpha value is -3.04. The summed E-state index contributed by atoms with van der Waals surface area (Å²) in [5, 5.41) is 1.01. The number of anilines is 2. The first-order valence-corrected chi connectivity index (χ1v) is 13.6. The zero-order chi connectivity index (χ0) is 25.2. The second-order valence-electron chi connectivity index (χ2n) is 9.81. The van der Waals surface area contributed by atoms with Gasteiger partial charge in [0.1, 0.15) is 17.0 Å². The highest BCUT2D eigenvalue weighted by molar-refractivity contribution is 7.20. The number of amides is 2. The lowest BCUT2D eigenvalue weighted by Crippen LogP contribution is -2.37. The summed E-state index contributed by atoms with van der Waals surface area (Å²) < 4.78 is 0. The number of aryl methyl sites for hydroxylation is 1. The molecule has 2 aliphatic rings. The van der Waals surface area contributed by atoms with E-state index in [-0.39, 0.29) is 11.8 Å². The normalized spacial score (nSPS) is 17.8. The SMILES string of the molecule is CC(=O)N1CCCN(C)CCN(C(=O)c2sc3ncnc(N4CCCC4)c3c2C)Cc2ccccc21. The summed E-state index contributed by atoms with van der Waals surface area (Å²) in [6, 6.07) is 7.96. The van der Waals surface area contributed by atoms with E-state index in [0.717, 1.165) is 70.3 Å². The average Bonchev–Trinajstić information content (AvgIpc) is 3.52. The predicted octanol–water partition coefficient (Wildman–Crippen LogP) is 3.93. The van der Waals surface area contributed by atoms with Gasteiger partial charge in [0.25, 0.3) is 5.91 Å². The Bertz CT molecular complexity index is 1270. The number of thiophene rings is 1. The summed E-state index contributed by atoms with van der Waals surface area (Å²) >= 11 is 1.46. The molecule has 190 valence electrons. The summed E-state index contributed by atoms with van der Waals surface area (Å²) in [6.45, 7) is 8.99. The summed E-state index contributed by atoms with van der Waals surface area (Å²) in [5.74, 6) is 0.986. The lowest BCUT2D eigenvalue weighted by molar-refractivity contribution is -0.116. The number of likely N-dealkylation sites (N-methyl/N-ethyl adjacent to an activating group) is 1. The van der Waals surface area contributed by atoms with Crippen molar-refractivity contribution in [1.29, 1.82) is 0 Å². The number of para-hydroxylation sites is 1. The number of carbonyl (C=O) groups excluding carboxylic acids is 2. The van der Waals surface area contributed by atoms with Gasteiger partial charge in [-0.15, -0.1) is 11.3 Å². The number of aromatic nitrogens is 2. The molecule has 8 nitrogen and oxygen atoms in total. The monoisotopic (exact) mass is 506 g/mol. The Morgan fingerprint density at radius 2 is 1.72 bits per heavy atom. The lowest BCUT2D eigenvalue weighted by Gasteiger charge is -2.27. The van der Waals surface area contributed by atoms with Crippen LogP contribution in [0.3, 0.4) is 0 Å². The van der Waals surface area contributed by atoms with E-state index in [0.29, 0.717) is 19.6 Å². The van der Waals surface area contributed by atoms with Crippen LogP contribution in [0.15, 0.2) is 30.6 Å². The minimum Gasteiger partial charge on any atom is -0.356 e. The third-order valence-corrected chi connectivity index (χ3v) is 8.48. The van der Waals surface area contributed by atoms with Crippen molar-refractivity contribution in [1.82, 2.24) is 19.8 Å². The Balaban J connectivity index is 1.53. The molecule has 3 aromatic rings. The highest BCUT2D eigenvalue weighted by Crippen LogP contribution is 2.37. The van der Waals surface area contributed by atoms with Gasteiger partial charge in [0, 0.05) is 51.9 Å². The van der Waals surface area contributed by atoms with Crippen molar-refractivity contribution in [2.45, 2.75) is 39.7 Å². The molecule has 4 heterocycles. The molecule has 0 N–H and O–H groups in total. The van der Waals surface area contributed by atoms with Crippen LogP contribution in [0, 0.1) is 6.92 Å². The Morgan fingerprint density at radius 3 is 2.50 bits per heavy atom. The molecule has 0 bridgehead atoms. The van der Waals surface area contributed by atoms with Crippen molar-refractivity contribution in [2.24, 2.45) is 0 Å². The molecule has 0 unspecified atom stereocenters. The quantitative estimate of drug-likeness (QED) is 0.525. The van der Waals surface area contributed by atoms with Gasteiger partial charge in [-0.1, -0.05) is 18.2 Å². The van der Waals surface area contributed by atoms with Gasteiger partial charge in [0.2, 0.25) is 5.91 Å². The van der Waals surface area contributed by atoms with Gasteiger partial charge in [-0.05, 0) is 57.0 Å². The average molecular weight is 507 g/mol. The number of rotatable bonds is 2. The van der Waals surface area contributed by atoms with E-state index in [4.69, 9.17) is 0 Å². The number of benzene rings is 1. The van der Waals surface area contributed by atoms with Crippen molar-refractivity contribution in [2.75, 3.05) is 56.1 Å². The molecule has 2 amide bonds. The molecule has 0 radical (unpaired) electrons. The first-order chi connectivity index (χ1) is 17.4.